The summed E-state index contributed by atoms with van der Waals surface area (Å²) in [6.45, 7) is 5.74. The number of thiazole rings is 1. The highest BCUT2D eigenvalue weighted by molar-refractivity contribution is 7.18. The Hall–Kier alpha value is -1.34. The Kier molecular flexibility index (Phi) is 4.98. The number of unbranched alkanes of at least 4 members (excludes halogenated alkanes) is 1. The molecule has 3 N–H and O–H groups in total. The number of nitrogen functional groups attached to an aromatic ring is 1. The molecule has 1 saturated heterocycles. The lowest BCUT2D eigenvalue weighted by Gasteiger charge is -2.25. The summed E-state index contributed by atoms with van der Waals surface area (Å²) >= 11 is 1.35. The summed E-state index contributed by atoms with van der Waals surface area (Å²) in [5, 5.41) is 3.67. The number of morpholine rings is 1. The topological polar surface area (TPSA) is 80.5 Å². The second-order valence-electron chi connectivity index (χ2n) is 4.42. The fourth-order valence-electron chi connectivity index (χ4n) is 1.83. The average molecular weight is 284 g/mol. The molecule has 19 heavy (non-hydrogen) atoms. The molecule has 7 heteroatoms. The first-order valence-corrected chi connectivity index (χ1v) is 7.41. The van der Waals surface area contributed by atoms with Crippen LogP contribution in [0.3, 0.4) is 0 Å². The van der Waals surface area contributed by atoms with Crippen LogP contribution in [0.1, 0.15) is 29.4 Å². The zero-order valence-electron chi connectivity index (χ0n) is 11.1. The number of aromatic nitrogens is 1. The fraction of sp³-hybridized carbons (Fsp3) is 0.667. The van der Waals surface area contributed by atoms with Gasteiger partial charge in [0.2, 0.25) is 0 Å². The summed E-state index contributed by atoms with van der Waals surface area (Å²) in [5.41, 5.74) is 5.83. The molecular formula is C12H20N4O2S. The number of hydrogen-bond donors (Lipinski definition) is 2. The van der Waals surface area contributed by atoms with Crippen molar-refractivity contribution in [2.45, 2.75) is 19.8 Å². The fourth-order valence-corrected chi connectivity index (χ4v) is 2.79. The maximum Gasteiger partial charge on any atom is 0.265 e. The second kappa shape index (κ2) is 6.72. The van der Waals surface area contributed by atoms with Crippen LogP contribution in [0.5, 0.6) is 0 Å². The minimum Gasteiger partial charge on any atom is -0.382 e. The van der Waals surface area contributed by atoms with Crippen molar-refractivity contribution < 1.29 is 9.53 Å². The number of nitrogens with zero attached hydrogens (tertiary/aromatic N) is 2. The smallest absolute Gasteiger partial charge is 0.265 e. The molecule has 1 amide bonds. The van der Waals surface area contributed by atoms with Crippen molar-refractivity contribution in [1.82, 2.24) is 10.3 Å². The van der Waals surface area contributed by atoms with Crippen LogP contribution in [0.4, 0.5) is 10.9 Å². The Bertz CT molecular complexity index is 429. The van der Waals surface area contributed by atoms with Gasteiger partial charge in [-0.05, 0) is 6.42 Å². The van der Waals surface area contributed by atoms with Crippen LogP contribution in [0, 0.1) is 0 Å². The molecule has 2 rings (SSSR count). The van der Waals surface area contributed by atoms with Crippen molar-refractivity contribution in [3.05, 3.63) is 4.88 Å². The SMILES string of the molecule is CCCCNC(=O)c1sc(N2CCOCC2)nc1N. The number of rotatable bonds is 5. The maximum absolute atomic E-state index is 12.0. The molecule has 1 aromatic rings. The normalized spacial score (nSPS) is 15.5. The van der Waals surface area contributed by atoms with Crippen LogP contribution in [-0.4, -0.2) is 43.7 Å². The van der Waals surface area contributed by atoms with Gasteiger partial charge in [0.05, 0.1) is 13.2 Å². The van der Waals surface area contributed by atoms with Crippen LogP contribution in [0.25, 0.3) is 0 Å². The quantitative estimate of drug-likeness (QED) is 0.791. The summed E-state index contributed by atoms with van der Waals surface area (Å²) in [6.07, 6.45) is 2.03. The highest BCUT2D eigenvalue weighted by Gasteiger charge is 2.20. The van der Waals surface area contributed by atoms with Crippen molar-refractivity contribution >= 4 is 28.2 Å². The van der Waals surface area contributed by atoms with E-state index < -0.39 is 0 Å². The Balaban J connectivity index is 2.01. The zero-order valence-corrected chi connectivity index (χ0v) is 12.0. The third-order valence-electron chi connectivity index (χ3n) is 2.95. The van der Waals surface area contributed by atoms with Gasteiger partial charge in [-0.1, -0.05) is 24.7 Å². The molecule has 1 aliphatic heterocycles. The number of nitrogens with one attached hydrogen (secondary N) is 1. The molecule has 2 heterocycles. The number of ether oxygens (including phenoxy) is 1. The minimum atomic E-state index is -0.122. The van der Waals surface area contributed by atoms with E-state index in [1.165, 1.54) is 11.3 Å². The number of nitrogens with two attached hydrogens (primary N) is 1. The molecule has 0 atom stereocenters. The highest BCUT2D eigenvalue weighted by atomic mass is 32.1. The van der Waals surface area contributed by atoms with E-state index in [0.717, 1.165) is 31.1 Å². The van der Waals surface area contributed by atoms with Crippen LogP contribution < -0.4 is 16.0 Å². The van der Waals surface area contributed by atoms with E-state index in [0.29, 0.717) is 30.5 Å². The van der Waals surface area contributed by atoms with Gasteiger partial charge in [0.15, 0.2) is 5.13 Å². The number of carbonyl (C=O) groups excluding carboxylic acids is 1. The highest BCUT2D eigenvalue weighted by Crippen LogP contribution is 2.28. The molecule has 6 nitrogen and oxygen atoms in total. The summed E-state index contributed by atoms with van der Waals surface area (Å²) in [6, 6.07) is 0. The molecule has 1 aromatic heterocycles. The Morgan fingerprint density at radius 2 is 2.26 bits per heavy atom. The van der Waals surface area contributed by atoms with Crippen LogP contribution in [0.15, 0.2) is 0 Å². The first-order chi connectivity index (χ1) is 9.22. The Labute approximate surface area is 116 Å². The van der Waals surface area contributed by atoms with Gasteiger partial charge in [0, 0.05) is 19.6 Å². The number of amides is 1. The summed E-state index contributed by atoms with van der Waals surface area (Å²) < 4.78 is 5.30. The van der Waals surface area contributed by atoms with E-state index in [-0.39, 0.29) is 5.91 Å². The molecule has 0 aliphatic carbocycles. The van der Waals surface area contributed by atoms with E-state index in [1.807, 2.05) is 0 Å². The van der Waals surface area contributed by atoms with Crippen LogP contribution >= 0.6 is 11.3 Å². The van der Waals surface area contributed by atoms with Gasteiger partial charge in [-0.2, -0.15) is 0 Å². The van der Waals surface area contributed by atoms with E-state index in [4.69, 9.17) is 10.5 Å². The van der Waals surface area contributed by atoms with Crippen molar-refractivity contribution in [3.8, 4) is 0 Å². The van der Waals surface area contributed by atoms with Gasteiger partial charge in [-0.15, -0.1) is 0 Å². The lowest BCUT2D eigenvalue weighted by Crippen LogP contribution is -2.36. The molecular weight excluding hydrogens is 264 g/mol. The maximum atomic E-state index is 12.0. The van der Waals surface area contributed by atoms with Crippen molar-refractivity contribution in [3.63, 3.8) is 0 Å². The summed E-state index contributed by atoms with van der Waals surface area (Å²) in [7, 11) is 0. The summed E-state index contributed by atoms with van der Waals surface area (Å²) in [4.78, 5) is 18.9. The number of hydrogen-bond acceptors (Lipinski definition) is 6. The molecule has 0 saturated carbocycles. The minimum absolute atomic E-state index is 0.122. The number of carbonyl (C=O) groups is 1. The third-order valence-corrected chi connectivity index (χ3v) is 4.08. The molecule has 1 fully saturated rings. The van der Waals surface area contributed by atoms with Crippen molar-refractivity contribution in [2.24, 2.45) is 0 Å². The molecule has 0 aromatic carbocycles. The monoisotopic (exact) mass is 284 g/mol. The predicted octanol–water partition coefficient (Wildman–Crippen LogP) is 1.09. The van der Waals surface area contributed by atoms with Crippen LogP contribution in [0.2, 0.25) is 0 Å². The third kappa shape index (κ3) is 3.57. The van der Waals surface area contributed by atoms with E-state index >= 15 is 0 Å². The van der Waals surface area contributed by atoms with Gasteiger partial charge in [0.1, 0.15) is 10.7 Å². The van der Waals surface area contributed by atoms with Gasteiger partial charge in [-0.25, -0.2) is 4.98 Å². The average Bonchev–Trinajstić information content (AvgIpc) is 2.82. The Morgan fingerprint density at radius 1 is 1.53 bits per heavy atom. The van der Waals surface area contributed by atoms with E-state index in [1.54, 1.807) is 0 Å². The zero-order chi connectivity index (χ0) is 13.7. The molecule has 1 aliphatic rings. The molecule has 0 unspecified atom stereocenters. The second-order valence-corrected chi connectivity index (χ2v) is 5.40. The molecule has 0 bridgehead atoms. The molecule has 0 spiro atoms. The summed E-state index contributed by atoms with van der Waals surface area (Å²) in [5.74, 6) is 0.198. The van der Waals surface area contributed by atoms with Gasteiger partial charge in [0.25, 0.3) is 5.91 Å². The first-order valence-electron chi connectivity index (χ1n) is 6.59. The predicted molar refractivity (Wildman–Crippen MR) is 76.8 cm³/mol. The van der Waals surface area contributed by atoms with Gasteiger partial charge < -0.3 is 20.7 Å². The lowest BCUT2D eigenvalue weighted by atomic mass is 10.3. The lowest BCUT2D eigenvalue weighted by molar-refractivity contribution is 0.0958. The molecule has 0 radical (unpaired) electrons. The first kappa shape index (κ1) is 14.1. The molecule has 106 valence electrons. The van der Waals surface area contributed by atoms with Crippen molar-refractivity contribution in [2.75, 3.05) is 43.5 Å². The largest absolute Gasteiger partial charge is 0.382 e. The van der Waals surface area contributed by atoms with Crippen molar-refractivity contribution in [1.29, 1.82) is 0 Å². The van der Waals surface area contributed by atoms with Gasteiger partial charge in [-0.3, -0.25) is 4.79 Å². The van der Waals surface area contributed by atoms with Crippen LogP contribution in [-0.2, 0) is 4.74 Å². The standard InChI is InChI=1S/C12H20N4O2S/c1-2-3-4-14-11(17)9-10(13)15-12(19-9)16-5-7-18-8-6-16/h2-8,13H2,1H3,(H,14,17). The Morgan fingerprint density at radius 3 is 2.95 bits per heavy atom. The van der Waals surface area contributed by atoms with E-state index in [9.17, 15) is 4.79 Å². The van der Waals surface area contributed by atoms with Gasteiger partial charge >= 0.3 is 0 Å². The van der Waals surface area contributed by atoms with E-state index in [2.05, 4.69) is 22.1 Å². The number of anilines is 2.